The molecule has 0 aromatic heterocycles. The van der Waals surface area contributed by atoms with Gasteiger partial charge < -0.3 is 9.64 Å². The van der Waals surface area contributed by atoms with Crippen molar-refractivity contribution in [2.24, 2.45) is 0 Å². The highest BCUT2D eigenvalue weighted by Crippen LogP contribution is 2.16. The van der Waals surface area contributed by atoms with Crippen LogP contribution in [0.4, 0.5) is 4.79 Å². The van der Waals surface area contributed by atoms with Gasteiger partial charge in [-0.1, -0.05) is 12.1 Å². The molecule has 1 aliphatic heterocycles. The fraction of sp³-hybridized carbons (Fsp3) is 0.533. The van der Waals surface area contributed by atoms with Crippen LogP contribution in [0.2, 0.25) is 0 Å². The molecule has 0 spiro atoms. The first-order valence-corrected chi connectivity index (χ1v) is 8.91. The quantitative estimate of drug-likeness (QED) is 0.917. The lowest BCUT2D eigenvalue weighted by Gasteiger charge is -2.31. The number of sulfonamides is 1. The van der Waals surface area contributed by atoms with Gasteiger partial charge in [-0.25, -0.2) is 17.9 Å². The van der Waals surface area contributed by atoms with E-state index in [4.69, 9.17) is 4.74 Å². The number of carbonyl (C=O) groups excluding carboxylic acids is 1. The molecular weight excluding hydrogens is 304 g/mol. The maximum Gasteiger partial charge on any atom is 0.409 e. The Kier molecular flexibility index (Phi) is 5.42. The van der Waals surface area contributed by atoms with Gasteiger partial charge in [-0.3, -0.25) is 0 Å². The van der Waals surface area contributed by atoms with Crippen LogP contribution in [0.1, 0.15) is 25.3 Å². The maximum absolute atomic E-state index is 12.4. The summed E-state index contributed by atoms with van der Waals surface area (Å²) in [4.78, 5) is 13.5. The number of aryl methyl sites for hydroxylation is 1. The van der Waals surface area contributed by atoms with Gasteiger partial charge >= 0.3 is 6.09 Å². The molecule has 0 unspecified atom stereocenters. The third-order valence-electron chi connectivity index (χ3n) is 3.64. The Morgan fingerprint density at radius 3 is 2.64 bits per heavy atom. The number of amides is 1. The second-order valence-electron chi connectivity index (χ2n) is 5.40. The number of hydrogen-bond acceptors (Lipinski definition) is 4. The average molecular weight is 326 g/mol. The van der Waals surface area contributed by atoms with E-state index in [1.165, 1.54) is 0 Å². The van der Waals surface area contributed by atoms with Gasteiger partial charge in [0, 0.05) is 19.1 Å². The molecule has 1 N–H and O–H groups in total. The number of ether oxygens (including phenoxy) is 1. The SMILES string of the molecule is CCOC(=O)N1CCC(NS(=O)(=O)c2cccc(C)c2)CC1. The summed E-state index contributed by atoms with van der Waals surface area (Å²) in [5, 5.41) is 0. The molecule has 2 rings (SSSR count). The minimum absolute atomic E-state index is 0.156. The maximum atomic E-state index is 12.4. The first-order chi connectivity index (χ1) is 10.4. The summed E-state index contributed by atoms with van der Waals surface area (Å²) < 4.78 is 32.4. The molecule has 1 saturated heterocycles. The van der Waals surface area contributed by atoms with Crippen molar-refractivity contribution in [3.05, 3.63) is 29.8 Å². The lowest BCUT2D eigenvalue weighted by Crippen LogP contribution is -2.46. The second kappa shape index (κ2) is 7.11. The minimum atomic E-state index is -3.52. The number of benzene rings is 1. The van der Waals surface area contributed by atoms with Gasteiger partial charge in [-0.2, -0.15) is 0 Å². The number of nitrogens with one attached hydrogen (secondary N) is 1. The van der Waals surface area contributed by atoms with E-state index < -0.39 is 10.0 Å². The van der Waals surface area contributed by atoms with Crippen molar-refractivity contribution in [2.75, 3.05) is 19.7 Å². The van der Waals surface area contributed by atoms with Crippen molar-refractivity contribution >= 4 is 16.1 Å². The van der Waals surface area contributed by atoms with Gasteiger partial charge in [-0.15, -0.1) is 0 Å². The lowest BCUT2D eigenvalue weighted by molar-refractivity contribution is 0.0966. The number of hydrogen-bond donors (Lipinski definition) is 1. The fourth-order valence-electron chi connectivity index (χ4n) is 2.46. The molecule has 122 valence electrons. The van der Waals surface area contributed by atoms with Crippen LogP contribution in [0, 0.1) is 6.92 Å². The van der Waals surface area contributed by atoms with E-state index in [9.17, 15) is 13.2 Å². The molecule has 0 atom stereocenters. The largest absolute Gasteiger partial charge is 0.450 e. The Morgan fingerprint density at radius 2 is 2.05 bits per heavy atom. The molecule has 1 fully saturated rings. The highest BCUT2D eigenvalue weighted by molar-refractivity contribution is 7.89. The Bertz CT molecular complexity index is 622. The van der Waals surface area contributed by atoms with Gasteiger partial charge in [-0.05, 0) is 44.4 Å². The molecule has 0 aliphatic carbocycles. The molecular formula is C15H22N2O4S. The lowest BCUT2D eigenvalue weighted by atomic mass is 10.1. The summed E-state index contributed by atoms with van der Waals surface area (Å²) in [5.74, 6) is 0. The molecule has 1 aromatic rings. The van der Waals surface area contributed by atoms with Gasteiger partial charge in [0.2, 0.25) is 10.0 Å². The van der Waals surface area contributed by atoms with Crippen LogP contribution in [0.25, 0.3) is 0 Å². The van der Waals surface area contributed by atoms with E-state index in [0.29, 0.717) is 32.5 Å². The predicted octanol–water partition coefficient (Wildman–Crippen LogP) is 1.89. The molecule has 0 bridgehead atoms. The van der Waals surface area contributed by atoms with Crippen LogP contribution >= 0.6 is 0 Å². The molecule has 22 heavy (non-hydrogen) atoms. The molecule has 1 amide bonds. The van der Waals surface area contributed by atoms with Crippen molar-refractivity contribution in [2.45, 2.75) is 37.6 Å². The van der Waals surface area contributed by atoms with Crippen LogP contribution in [-0.2, 0) is 14.8 Å². The summed E-state index contributed by atoms with van der Waals surface area (Å²) in [7, 11) is -3.52. The fourth-order valence-corrected chi connectivity index (χ4v) is 3.87. The average Bonchev–Trinajstić information content (AvgIpc) is 2.48. The van der Waals surface area contributed by atoms with Crippen molar-refractivity contribution in [3.8, 4) is 0 Å². The van der Waals surface area contributed by atoms with Crippen molar-refractivity contribution < 1.29 is 17.9 Å². The predicted molar refractivity (Wildman–Crippen MR) is 83.1 cm³/mol. The molecule has 6 nitrogen and oxygen atoms in total. The van der Waals surface area contributed by atoms with Crippen LogP contribution < -0.4 is 4.72 Å². The first-order valence-electron chi connectivity index (χ1n) is 7.43. The monoisotopic (exact) mass is 326 g/mol. The molecule has 1 aromatic carbocycles. The first kappa shape index (κ1) is 16.8. The Hall–Kier alpha value is -1.60. The van der Waals surface area contributed by atoms with E-state index in [-0.39, 0.29) is 17.0 Å². The van der Waals surface area contributed by atoms with E-state index >= 15 is 0 Å². The summed E-state index contributed by atoms with van der Waals surface area (Å²) in [5.41, 5.74) is 0.903. The van der Waals surface area contributed by atoms with Crippen LogP contribution in [0.3, 0.4) is 0 Å². The van der Waals surface area contributed by atoms with Crippen LogP contribution in [0.5, 0.6) is 0 Å². The summed E-state index contributed by atoms with van der Waals surface area (Å²) >= 11 is 0. The van der Waals surface area contributed by atoms with Crippen LogP contribution in [0.15, 0.2) is 29.2 Å². The van der Waals surface area contributed by atoms with Gasteiger partial charge in [0.15, 0.2) is 0 Å². The van der Waals surface area contributed by atoms with Crippen LogP contribution in [-0.4, -0.2) is 45.1 Å². The molecule has 1 heterocycles. The summed E-state index contributed by atoms with van der Waals surface area (Å²) in [6.45, 7) is 4.97. The van der Waals surface area contributed by atoms with Crippen molar-refractivity contribution in [1.82, 2.24) is 9.62 Å². The Morgan fingerprint density at radius 1 is 1.36 bits per heavy atom. The van der Waals surface area contributed by atoms with Gasteiger partial charge in [0.05, 0.1) is 11.5 Å². The zero-order chi connectivity index (χ0) is 16.2. The standard InChI is InChI=1S/C15H22N2O4S/c1-3-21-15(18)17-9-7-13(8-10-17)16-22(19,20)14-6-4-5-12(2)11-14/h4-6,11,13,16H,3,7-10H2,1-2H3. The van der Waals surface area contributed by atoms with Gasteiger partial charge in [0.25, 0.3) is 0 Å². The number of likely N-dealkylation sites (tertiary alicyclic amines) is 1. The Balaban J connectivity index is 1.94. The van der Waals surface area contributed by atoms with E-state index in [2.05, 4.69) is 4.72 Å². The zero-order valence-electron chi connectivity index (χ0n) is 12.9. The number of piperidine rings is 1. The summed E-state index contributed by atoms with van der Waals surface area (Å²) in [6.07, 6.45) is 0.843. The molecule has 7 heteroatoms. The minimum Gasteiger partial charge on any atom is -0.450 e. The number of nitrogens with zero attached hydrogens (tertiary/aromatic N) is 1. The number of rotatable bonds is 4. The zero-order valence-corrected chi connectivity index (χ0v) is 13.7. The molecule has 1 aliphatic rings. The highest BCUT2D eigenvalue weighted by Gasteiger charge is 2.27. The van der Waals surface area contributed by atoms with Crippen molar-refractivity contribution in [3.63, 3.8) is 0 Å². The van der Waals surface area contributed by atoms with E-state index in [0.717, 1.165) is 5.56 Å². The number of carbonyl (C=O) groups is 1. The molecule has 0 saturated carbocycles. The second-order valence-corrected chi connectivity index (χ2v) is 7.11. The molecule has 0 radical (unpaired) electrons. The normalized spacial score (nSPS) is 16.5. The van der Waals surface area contributed by atoms with E-state index in [1.54, 1.807) is 30.0 Å². The third-order valence-corrected chi connectivity index (χ3v) is 5.16. The highest BCUT2D eigenvalue weighted by atomic mass is 32.2. The topological polar surface area (TPSA) is 75.7 Å². The summed E-state index contributed by atoms with van der Waals surface area (Å²) in [6, 6.07) is 6.67. The Labute approximate surface area is 131 Å². The van der Waals surface area contributed by atoms with E-state index in [1.807, 2.05) is 13.0 Å². The third kappa shape index (κ3) is 4.20. The smallest absolute Gasteiger partial charge is 0.409 e. The van der Waals surface area contributed by atoms with Crippen molar-refractivity contribution in [1.29, 1.82) is 0 Å². The van der Waals surface area contributed by atoms with Gasteiger partial charge in [0.1, 0.15) is 0 Å².